The van der Waals surface area contributed by atoms with Crippen LogP contribution in [0.1, 0.15) is 24.1 Å². The molecule has 1 aromatic heterocycles. The van der Waals surface area contributed by atoms with Crippen molar-refractivity contribution in [3.63, 3.8) is 0 Å². The second kappa shape index (κ2) is 8.87. The summed E-state index contributed by atoms with van der Waals surface area (Å²) >= 11 is 5.99. The van der Waals surface area contributed by atoms with Crippen molar-refractivity contribution in [1.29, 1.82) is 0 Å². The fourth-order valence-corrected chi connectivity index (χ4v) is 2.99. The summed E-state index contributed by atoms with van der Waals surface area (Å²) < 4.78 is 5.35. The standard InChI is InChI=1S/C19H23ClN4O2/c1-14(16-3-2-4-17(20)11-16)23-19(25)22-13-15-5-6-18(21-12-15)24-7-9-26-10-8-24/h2-6,11-12,14H,7-10,13H2,1H3,(H2,22,23,25)/t14-/m1/s1. The Hall–Kier alpha value is -2.31. The van der Waals surface area contributed by atoms with Crippen LogP contribution in [0.4, 0.5) is 10.6 Å². The second-order valence-corrected chi connectivity index (χ2v) is 6.66. The molecule has 1 aromatic carbocycles. The summed E-state index contributed by atoms with van der Waals surface area (Å²) in [5, 5.41) is 6.42. The number of ether oxygens (including phenoxy) is 1. The van der Waals surface area contributed by atoms with Crippen molar-refractivity contribution < 1.29 is 9.53 Å². The number of morpholine rings is 1. The number of hydrogen-bond donors (Lipinski definition) is 2. The number of halogens is 1. The molecule has 1 aliphatic heterocycles. The normalized spacial score (nSPS) is 15.4. The summed E-state index contributed by atoms with van der Waals surface area (Å²) in [6.07, 6.45) is 1.80. The van der Waals surface area contributed by atoms with E-state index in [4.69, 9.17) is 16.3 Å². The van der Waals surface area contributed by atoms with Crippen molar-refractivity contribution in [3.8, 4) is 0 Å². The Labute approximate surface area is 158 Å². The molecule has 2 aromatic rings. The van der Waals surface area contributed by atoms with E-state index >= 15 is 0 Å². The monoisotopic (exact) mass is 374 g/mol. The molecule has 0 spiro atoms. The number of urea groups is 1. The average molecular weight is 375 g/mol. The van der Waals surface area contributed by atoms with Crippen LogP contribution in [0.25, 0.3) is 0 Å². The third-order valence-electron chi connectivity index (χ3n) is 4.29. The molecule has 2 heterocycles. The first-order valence-electron chi connectivity index (χ1n) is 8.69. The highest BCUT2D eigenvalue weighted by Gasteiger charge is 2.12. The van der Waals surface area contributed by atoms with E-state index in [2.05, 4.69) is 20.5 Å². The SMILES string of the molecule is C[C@@H](NC(=O)NCc1ccc(N2CCOCC2)nc1)c1cccc(Cl)c1. The maximum atomic E-state index is 12.1. The smallest absolute Gasteiger partial charge is 0.315 e. The van der Waals surface area contributed by atoms with Gasteiger partial charge in [-0.25, -0.2) is 9.78 Å². The maximum Gasteiger partial charge on any atom is 0.315 e. The molecule has 1 fully saturated rings. The molecule has 26 heavy (non-hydrogen) atoms. The number of hydrogen-bond acceptors (Lipinski definition) is 4. The molecule has 0 saturated carbocycles. The van der Waals surface area contributed by atoms with E-state index < -0.39 is 0 Å². The molecule has 0 bridgehead atoms. The fraction of sp³-hybridized carbons (Fsp3) is 0.368. The third-order valence-corrected chi connectivity index (χ3v) is 4.53. The van der Waals surface area contributed by atoms with Crippen LogP contribution in [0.15, 0.2) is 42.6 Å². The number of amides is 2. The van der Waals surface area contributed by atoms with E-state index in [1.807, 2.05) is 43.3 Å². The molecule has 7 heteroatoms. The van der Waals surface area contributed by atoms with Gasteiger partial charge in [-0.1, -0.05) is 29.8 Å². The number of carbonyl (C=O) groups is 1. The largest absolute Gasteiger partial charge is 0.378 e. The van der Waals surface area contributed by atoms with Gasteiger partial charge < -0.3 is 20.3 Å². The number of benzene rings is 1. The lowest BCUT2D eigenvalue weighted by Crippen LogP contribution is -2.37. The van der Waals surface area contributed by atoms with Gasteiger partial charge in [-0.2, -0.15) is 0 Å². The molecule has 1 aliphatic rings. The molecule has 3 rings (SSSR count). The molecule has 1 saturated heterocycles. The predicted octanol–water partition coefficient (Wildman–Crippen LogP) is 3.13. The molecular weight excluding hydrogens is 352 g/mol. The average Bonchev–Trinajstić information content (AvgIpc) is 2.67. The van der Waals surface area contributed by atoms with E-state index in [1.54, 1.807) is 6.20 Å². The Morgan fingerprint density at radius 3 is 2.81 bits per heavy atom. The Balaban J connectivity index is 1.48. The highest BCUT2D eigenvalue weighted by molar-refractivity contribution is 6.30. The topological polar surface area (TPSA) is 66.5 Å². The second-order valence-electron chi connectivity index (χ2n) is 6.23. The zero-order valence-corrected chi connectivity index (χ0v) is 15.5. The van der Waals surface area contributed by atoms with Crippen LogP contribution in [0, 0.1) is 0 Å². The van der Waals surface area contributed by atoms with E-state index in [-0.39, 0.29) is 12.1 Å². The summed E-state index contributed by atoms with van der Waals surface area (Å²) in [5.74, 6) is 0.941. The number of nitrogens with zero attached hydrogens (tertiary/aromatic N) is 2. The molecule has 1 atom stereocenters. The minimum atomic E-state index is -0.227. The minimum Gasteiger partial charge on any atom is -0.378 e. The van der Waals surface area contributed by atoms with Crippen molar-refractivity contribution in [1.82, 2.24) is 15.6 Å². The summed E-state index contributed by atoms with van der Waals surface area (Å²) in [5.41, 5.74) is 1.91. The highest BCUT2D eigenvalue weighted by Crippen LogP contribution is 2.17. The van der Waals surface area contributed by atoms with Gasteiger partial charge in [0, 0.05) is 30.9 Å². The molecule has 2 N–H and O–H groups in total. The van der Waals surface area contributed by atoms with Crippen LogP contribution in [-0.4, -0.2) is 37.3 Å². The molecule has 0 aliphatic carbocycles. The third kappa shape index (κ3) is 5.09. The Kier molecular flexibility index (Phi) is 6.30. The minimum absolute atomic E-state index is 0.129. The number of anilines is 1. The molecule has 6 nitrogen and oxygen atoms in total. The van der Waals surface area contributed by atoms with Gasteiger partial charge in [0.25, 0.3) is 0 Å². The van der Waals surface area contributed by atoms with Gasteiger partial charge in [0.05, 0.1) is 19.3 Å². The van der Waals surface area contributed by atoms with Crippen LogP contribution in [0.2, 0.25) is 5.02 Å². The molecular formula is C19H23ClN4O2. The van der Waals surface area contributed by atoms with Crippen LogP contribution < -0.4 is 15.5 Å². The molecule has 138 valence electrons. The van der Waals surface area contributed by atoms with E-state index in [0.717, 1.165) is 43.2 Å². The van der Waals surface area contributed by atoms with Crippen molar-refractivity contribution in [3.05, 3.63) is 58.7 Å². The molecule has 2 amide bonds. The van der Waals surface area contributed by atoms with Gasteiger partial charge >= 0.3 is 6.03 Å². The number of rotatable bonds is 5. The number of aromatic nitrogens is 1. The van der Waals surface area contributed by atoms with Crippen LogP contribution in [0.3, 0.4) is 0 Å². The van der Waals surface area contributed by atoms with Gasteiger partial charge in [-0.15, -0.1) is 0 Å². The summed E-state index contributed by atoms with van der Waals surface area (Å²) in [4.78, 5) is 18.8. The number of nitrogens with one attached hydrogen (secondary N) is 2. The summed E-state index contributed by atoms with van der Waals surface area (Å²) in [6.45, 7) is 5.52. The van der Waals surface area contributed by atoms with Crippen LogP contribution >= 0.6 is 11.6 Å². The summed E-state index contributed by atoms with van der Waals surface area (Å²) in [7, 11) is 0. The van der Waals surface area contributed by atoms with Crippen molar-refractivity contribution >= 4 is 23.4 Å². The van der Waals surface area contributed by atoms with Crippen LogP contribution in [0.5, 0.6) is 0 Å². The first kappa shape index (κ1) is 18.5. The summed E-state index contributed by atoms with van der Waals surface area (Å²) in [6, 6.07) is 11.1. The molecule has 0 radical (unpaired) electrons. The maximum absolute atomic E-state index is 12.1. The van der Waals surface area contributed by atoms with Crippen molar-refractivity contribution in [2.45, 2.75) is 19.5 Å². The van der Waals surface area contributed by atoms with E-state index in [1.165, 1.54) is 0 Å². The zero-order chi connectivity index (χ0) is 18.4. The highest BCUT2D eigenvalue weighted by atomic mass is 35.5. The Bertz CT molecular complexity index is 733. The van der Waals surface area contributed by atoms with Gasteiger partial charge in [0.1, 0.15) is 5.82 Å². The fourth-order valence-electron chi connectivity index (χ4n) is 2.79. The van der Waals surface area contributed by atoms with Crippen molar-refractivity contribution in [2.75, 3.05) is 31.2 Å². The van der Waals surface area contributed by atoms with Crippen LogP contribution in [-0.2, 0) is 11.3 Å². The number of pyridine rings is 1. The lowest BCUT2D eigenvalue weighted by Gasteiger charge is -2.27. The zero-order valence-electron chi connectivity index (χ0n) is 14.7. The first-order chi connectivity index (χ1) is 12.6. The Morgan fingerprint density at radius 2 is 2.12 bits per heavy atom. The van der Waals surface area contributed by atoms with Gasteiger partial charge in [-0.3, -0.25) is 0 Å². The van der Waals surface area contributed by atoms with E-state index in [0.29, 0.717) is 11.6 Å². The lowest BCUT2D eigenvalue weighted by molar-refractivity contribution is 0.122. The lowest BCUT2D eigenvalue weighted by atomic mass is 10.1. The Morgan fingerprint density at radius 1 is 1.31 bits per heavy atom. The van der Waals surface area contributed by atoms with Gasteiger partial charge in [-0.05, 0) is 36.2 Å². The first-order valence-corrected chi connectivity index (χ1v) is 9.07. The van der Waals surface area contributed by atoms with Gasteiger partial charge in [0.2, 0.25) is 0 Å². The predicted molar refractivity (Wildman–Crippen MR) is 103 cm³/mol. The van der Waals surface area contributed by atoms with Crippen molar-refractivity contribution in [2.24, 2.45) is 0 Å². The molecule has 0 unspecified atom stereocenters. The quantitative estimate of drug-likeness (QED) is 0.843. The number of carbonyl (C=O) groups excluding carboxylic acids is 1. The van der Waals surface area contributed by atoms with E-state index in [9.17, 15) is 4.79 Å². The van der Waals surface area contributed by atoms with Gasteiger partial charge in [0.15, 0.2) is 0 Å².